The first-order valence-electron chi connectivity index (χ1n) is 6.45. The number of sulfonamides is 1. The van der Waals surface area contributed by atoms with Gasteiger partial charge in [0.2, 0.25) is 0 Å². The Morgan fingerprint density at radius 1 is 1.19 bits per heavy atom. The monoisotopic (exact) mass is 369 g/mol. The Bertz CT molecular complexity index is 744. The van der Waals surface area contributed by atoms with Gasteiger partial charge in [-0.2, -0.15) is 0 Å². The molecule has 0 aliphatic heterocycles. The van der Waals surface area contributed by atoms with Crippen molar-refractivity contribution >= 4 is 31.6 Å². The fourth-order valence-electron chi connectivity index (χ4n) is 1.90. The highest BCUT2D eigenvalue weighted by molar-refractivity contribution is 9.10. The predicted octanol–water partition coefficient (Wildman–Crippen LogP) is 3.96. The van der Waals surface area contributed by atoms with Crippen LogP contribution in [0.5, 0.6) is 5.75 Å². The van der Waals surface area contributed by atoms with E-state index in [1.807, 2.05) is 13.0 Å². The maximum Gasteiger partial charge on any atom is 0.262 e. The SMILES string of the molecule is CCOc1ccccc1NS(=O)(=O)c1cc(Br)ccc1C. The minimum absolute atomic E-state index is 0.239. The Hall–Kier alpha value is -1.53. The van der Waals surface area contributed by atoms with Gasteiger partial charge < -0.3 is 4.74 Å². The van der Waals surface area contributed by atoms with Crippen molar-refractivity contribution in [2.24, 2.45) is 0 Å². The molecule has 2 aromatic carbocycles. The molecule has 4 nitrogen and oxygen atoms in total. The summed E-state index contributed by atoms with van der Waals surface area (Å²) >= 11 is 3.30. The molecule has 2 rings (SSSR count). The third-order valence-electron chi connectivity index (χ3n) is 2.87. The Balaban J connectivity index is 2.40. The molecule has 0 fully saturated rings. The zero-order chi connectivity index (χ0) is 15.5. The van der Waals surface area contributed by atoms with Gasteiger partial charge in [-0.05, 0) is 43.7 Å². The van der Waals surface area contributed by atoms with Crippen LogP contribution in [0.3, 0.4) is 0 Å². The molecule has 0 aromatic heterocycles. The number of para-hydroxylation sites is 2. The Morgan fingerprint density at radius 2 is 1.90 bits per heavy atom. The number of hydrogen-bond acceptors (Lipinski definition) is 3. The summed E-state index contributed by atoms with van der Waals surface area (Å²) in [5.41, 5.74) is 1.11. The summed E-state index contributed by atoms with van der Waals surface area (Å²) in [6.07, 6.45) is 0. The lowest BCUT2D eigenvalue weighted by Gasteiger charge is -2.14. The Kier molecular flexibility index (Phi) is 4.90. The molecule has 0 spiro atoms. The Morgan fingerprint density at radius 3 is 2.62 bits per heavy atom. The number of halogens is 1. The van der Waals surface area contributed by atoms with E-state index in [-0.39, 0.29) is 4.90 Å². The van der Waals surface area contributed by atoms with Crippen molar-refractivity contribution in [1.29, 1.82) is 0 Å². The van der Waals surface area contributed by atoms with Gasteiger partial charge in [0.1, 0.15) is 5.75 Å². The van der Waals surface area contributed by atoms with Gasteiger partial charge in [-0.3, -0.25) is 4.72 Å². The van der Waals surface area contributed by atoms with Crippen molar-refractivity contribution in [3.63, 3.8) is 0 Å². The van der Waals surface area contributed by atoms with Crippen LogP contribution in [0.2, 0.25) is 0 Å². The van der Waals surface area contributed by atoms with Crippen molar-refractivity contribution in [1.82, 2.24) is 0 Å². The van der Waals surface area contributed by atoms with E-state index in [9.17, 15) is 8.42 Å². The highest BCUT2D eigenvalue weighted by atomic mass is 79.9. The highest BCUT2D eigenvalue weighted by Crippen LogP contribution is 2.28. The number of ether oxygens (including phenoxy) is 1. The molecule has 0 saturated carbocycles. The summed E-state index contributed by atoms with van der Waals surface area (Å²) in [5, 5.41) is 0. The van der Waals surface area contributed by atoms with Gasteiger partial charge in [0.25, 0.3) is 10.0 Å². The van der Waals surface area contributed by atoms with Crippen LogP contribution >= 0.6 is 15.9 Å². The van der Waals surface area contributed by atoms with Crippen molar-refractivity contribution in [3.05, 3.63) is 52.5 Å². The first-order valence-corrected chi connectivity index (χ1v) is 8.72. The second-order valence-corrected chi connectivity index (χ2v) is 7.01. The molecule has 1 N–H and O–H groups in total. The van der Waals surface area contributed by atoms with Crippen LogP contribution in [0.15, 0.2) is 51.8 Å². The first kappa shape index (κ1) is 15.9. The standard InChI is InChI=1S/C15H16BrNO3S/c1-3-20-14-7-5-4-6-13(14)17-21(18,19)15-10-12(16)9-8-11(15)2/h4-10,17H,3H2,1-2H3. The molecule has 21 heavy (non-hydrogen) atoms. The molecule has 0 radical (unpaired) electrons. The molecule has 0 bridgehead atoms. The van der Waals surface area contributed by atoms with Gasteiger partial charge >= 0.3 is 0 Å². The van der Waals surface area contributed by atoms with Crippen molar-refractivity contribution < 1.29 is 13.2 Å². The molecule has 6 heteroatoms. The molecule has 0 saturated heterocycles. The minimum atomic E-state index is -3.67. The van der Waals surface area contributed by atoms with Crippen LogP contribution in [0.25, 0.3) is 0 Å². The first-order chi connectivity index (χ1) is 9.94. The van der Waals surface area contributed by atoms with Crippen LogP contribution in [0.4, 0.5) is 5.69 Å². The second kappa shape index (κ2) is 6.49. The smallest absolute Gasteiger partial charge is 0.262 e. The van der Waals surface area contributed by atoms with Crippen molar-refractivity contribution in [3.8, 4) is 5.75 Å². The number of anilines is 1. The fraction of sp³-hybridized carbons (Fsp3) is 0.200. The largest absolute Gasteiger partial charge is 0.492 e. The third kappa shape index (κ3) is 3.77. The number of nitrogens with one attached hydrogen (secondary N) is 1. The van der Waals surface area contributed by atoms with E-state index in [0.717, 1.165) is 0 Å². The van der Waals surface area contributed by atoms with Crippen LogP contribution in [0, 0.1) is 6.92 Å². The molecular weight excluding hydrogens is 354 g/mol. The van der Waals surface area contributed by atoms with E-state index >= 15 is 0 Å². The molecule has 0 amide bonds. The summed E-state index contributed by atoms with van der Waals surface area (Å²) in [4.78, 5) is 0.239. The van der Waals surface area contributed by atoms with Crippen molar-refractivity contribution in [2.75, 3.05) is 11.3 Å². The molecule has 0 aliphatic carbocycles. The van der Waals surface area contributed by atoms with Crippen molar-refractivity contribution in [2.45, 2.75) is 18.7 Å². The lowest BCUT2D eigenvalue weighted by Crippen LogP contribution is -2.15. The van der Waals surface area contributed by atoms with E-state index in [0.29, 0.717) is 28.1 Å². The number of aryl methyl sites for hydroxylation is 1. The number of hydrogen-bond donors (Lipinski definition) is 1. The quantitative estimate of drug-likeness (QED) is 0.867. The van der Waals surface area contributed by atoms with Gasteiger partial charge in [0, 0.05) is 4.47 Å². The lowest BCUT2D eigenvalue weighted by atomic mass is 10.2. The van der Waals surface area contributed by atoms with Gasteiger partial charge in [-0.1, -0.05) is 34.1 Å². The average Bonchev–Trinajstić information content (AvgIpc) is 2.43. The summed E-state index contributed by atoms with van der Waals surface area (Å²) < 4.78 is 33.8. The molecule has 112 valence electrons. The van der Waals surface area contributed by atoms with Gasteiger partial charge in [0.15, 0.2) is 0 Å². The third-order valence-corrected chi connectivity index (χ3v) is 4.87. The maximum atomic E-state index is 12.5. The summed E-state index contributed by atoms with van der Waals surface area (Å²) in [6.45, 7) is 4.08. The predicted molar refractivity (Wildman–Crippen MR) is 87.3 cm³/mol. The molecule has 0 heterocycles. The fourth-order valence-corrected chi connectivity index (χ4v) is 3.75. The van der Waals surface area contributed by atoms with E-state index in [1.165, 1.54) is 0 Å². The van der Waals surface area contributed by atoms with Crippen LogP contribution < -0.4 is 9.46 Å². The normalized spacial score (nSPS) is 11.2. The molecule has 0 unspecified atom stereocenters. The molecular formula is C15H16BrNO3S. The zero-order valence-electron chi connectivity index (χ0n) is 11.8. The maximum absolute atomic E-state index is 12.5. The average molecular weight is 370 g/mol. The number of rotatable bonds is 5. The lowest BCUT2D eigenvalue weighted by molar-refractivity contribution is 0.342. The molecule has 0 aliphatic rings. The molecule has 2 aromatic rings. The van der Waals surface area contributed by atoms with Gasteiger partial charge in [0.05, 0.1) is 17.2 Å². The van der Waals surface area contributed by atoms with Gasteiger partial charge in [-0.25, -0.2) is 8.42 Å². The van der Waals surface area contributed by atoms with Crippen LogP contribution in [-0.4, -0.2) is 15.0 Å². The summed E-state index contributed by atoms with van der Waals surface area (Å²) in [6, 6.07) is 12.1. The van der Waals surface area contributed by atoms with E-state index in [4.69, 9.17) is 4.74 Å². The summed E-state index contributed by atoms with van der Waals surface area (Å²) in [5.74, 6) is 0.510. The van der Waals surface area contributed by atoms with Crippen LogP contribution in [0.1, 0.15) is 12.5 Å². The highest BCUT2D eigenvalue weighted by Gasteiger charge is 2.19. The van der Waals surface area contributed by atoms with E-state index in [1.54, 1.807) is 43.3 Å². The van der Waals surface area contributed by atoms with Crippen LogP contribution in [-0.2, 0) is 10.0 Å². The minimum Gasteiger partial charge on any atom is -0.492 e. The number of benzene rings is 2. The van der Waals surface area contributed by atoms with Gasteiger partial charge in [-0.15, -0.1) is 0 Å². The van der Waals surface area contributed by atoms with E-state index in [2.05, 4.69) is 20.7 Å². The second-order valence-electron chi connectivity index (χ2n) is 4.44. The summed E-state index contributed by atoms with van der Waals surface area (Å²) in [7, 11) is -3.67. The zero-order valence-corrected chi connectivity index (χ0v) is 14.2. The molecule has 0 atom stereocenters. The van der Waals surface area contributed by atoms with E-state index < -0.39 is 10.0 Å². The Labute approximate surface area is 133 Å². The topological polar surface area (TPSA) is 55.4 Å².